The van der Waals surface area contributed by atoms with Gasteiger partial charge in [-0.25, -0.2) is 13.8 Å². The van der Waals surface area contributed by atoms with Crippen molar-refractivity contribution in [1.29, 1.82) is 0 Å². The van der Waals surface area contributed by atoms with Crippen molar-refractivity contribution in [2.45, 2.75) is 11.8 Å². The number of rotatable bonds is 9. The van der Waals surface area contributed by atoms with Crippen molar-refractivity contribution >= 4 is 51.0 Å². The molecule has 3 aromatic carbocycles. The molecule has 0 radical (unpaired) electrons. The van der Waals surface area contributed by atoms with E-state index in [-0.39, 0.29) is 20.6 Å². The van der Waals surface area contributed by atoms with Crippen LogP contribution in [0, 0.1) is 6.92 Å². The van der Waals surface area contributed by atoms with Gasteiger partial charge in [-0.15, -0.1) is 0 Å². The van der Waals surface area contributed by atoms with Crippen molar-refractivity contribution in [3.63, 3.8) is 0 Å². The minimum absolute atomic E-state index is 0.0108. The van der Waals surface area contributed by atoms with Crippen molar-refractivity contribution in [3.05, 3.63) is 81.8 Å². The fraction of sp³-hybridized carbons (Fsp3) is 0.167. The van der Waals surface area contributed by atoms with Gasteiger partial charge in [0.15, 0.2) is 0 Å². The topological polar surface area (TPSA) is 97.3 Å². The number of amides is 1. The molecule has 0 spiro atoms. The first-order chi connectivity index (χ1) is 16.6. The van der Waals surface area contributed by atoms with E-state index in [0.717, 1.165) is 9.87 Å². The maximum absolute atomic E-state index is 13.4. The van der Waals surface area contributed by atoms with E-state index in [1.165, 1.54) is 50.8 Å². The first-order valence-electron chi connectivity index (χ1n) is 10.2. The van der Waals surface area contributed by atoms with Crippen LogP contribution in [-0.4, -0.2) is 41.3 Å². The minimum atomic E-state index is -4.13. The van der Waals surface area contributed by atoms with Crippen LogP contribution in [-0.2, 0) is 14.8 Å². The zero-order valence-corrected chi connectivity index (χ0v) is 21.5. The second-order valence-electron chi connectivity index (χ2n) is 7.35. The normalized spacial score (nSPS) is 11.3. The summed E-state index contributed by atoms with van der Waals surface area (Å²) in [6, 6.07) is 15.7. The molecule has 0 bridgehead atoms. The average Bonchev–Trinajstić information content (AvgIpc) is 2.82. The van der Waals surface area contributed by atoms with E-state index in [0.29, 0.717) is 17.1 Å². The maximum Gasteiger partial charge on any atom is 0.264 e. The summed E-state index contributed by atoms with van der Waals surface area (Å²) in [5.41, 5.74) is 3.92. The Bertz CT molecular complexity index is 1330. The van der Waals surface area contributed by atoms with Crippen molar-refractivity contribution in [1.82, 2.24) is 5.43 Å². The molecule has 184 valence electrons. The number of ether oxygens (including phenoxy) is 2. The zero-order valence-electron chi connectivity index (χ0n) is 19.2. The molecule has 0 unspecified atom stereocenters. The molecule has 0 aliphatic rings. The lowest BCUT2D eigenvalue weighted by Gasteiger charge is -2.24. The van der Waals surface area contributed by atoms with Gasteiger partial charge in [0, 0.05) is 15.6 Å². The first-order valence-corrected chi connectivity index (χ1v) is 12.4. The number of hydrogen-bond acceptors (Lipinski definition) is 6. The monoisotopic (exact) mass is 535 g/mol. The Kier molecular flexibility index (Phi) is 8.61. The number of sulfonamides is 1. The first kappa shape index (κ1) is 26.3. The third kappa shape index (κ3) is 6.66. The van der Waals surface area contributed by atoms with Crippen LogP contribution in [0.15, 0.2) is 70.7 Å². The summed E-state index contributed by atoms with van der Waals surface area (Å²) in [5, 5.41) is 4.38. The fourth-order valence-corrected chi connectivity index (χ4v) is 5.03. The molecule has 0 aliphatic heterocycles. The number of benzene rings is 3. The van der Waals surface area contributed by atoms with Crippen molar-refractivity contribution in [2.24, 2.45) is 5.10 Å². The van der Waals surface area contributed by atoms with Crippen LogP contribution in [0.4, 0.5) is 5.69 Å². The largest absolute Gasteiger partial charge is 0.497 e. The standard InChI is InChI=1S/C24H23Cl2N3O5S/c1-16-4-7-22(8-5-16)35(31,32)29(20-12-18(25)11-19(26)13-20)15-24(30)28-27-14-17-10-21(33-2)6-9-23(17)34-3/h4-14H,15H2,1-3H3,(H,28,30)/b27-14-. The highest BCUT2D eigenvalue weighted by molar-refractivity contribution is 7.92. The number of nitrogens with one attached hydrogen (secondary N) is 1. The van der Waals surface area contributed by atoms with Gasteiger partial charge in [0.05, 0.1) is 31.0 Å². The van der Waals surface area contributed by atoms with Crippen LogP contribution in [0.25, 0.3) is 0 Å². The Morgan fingerprint density at radius 2 is 1.66 bits per heavy atom. The number of anilines is 1. The van der Waals surface area contributed by atoms with Gasteiger partial charge < -0.3 is 9.47 Å². The van der Waals surface area contributed by atoms with Gasteiger partial charge in [0.2, 0.25) is 0 Å². The lowest BCUT2D eigenvalue weighted by Crippen LogP contribution is -2.39. The minimum Gasteiger partial charge on any atom is -0.497 e. The van der Waals surface area contributed by atoms with Crippen LogP contribution in [0.1, 0.15) is 11.1 Å². The highest BCUT2D eigenvalue weighted by atomic mass is 35.5. The van der Waals surface area contributed by atoms with Gasteiger partial charge in [0.1, 0.15) is 18.0 Å². The van der Waals surface area contributed by atoms with E-state index >= 15 is 0 Å². The molecule has 0 saturated carbocycles. The molecule has 1 N–H and O–H groups in total. The molecule has 35 heavy (non-hydrogen) atoms. The summed E-state index contributed by atoms with van der Waals surface area (Å²) in [6.45, 7) is 1.27. The second kappa shape index (κ2) is 11.4. The molecule has 0 aliphatic carbocycles. The molecule has 0 atom stereocenters. The molecule has 1 amide bonds. The highest BCUT2D eigenvalue weighted by Gasteiger charge is 2.27. The SMILES string of the molecule is COc1ccc(OC)c(/C=N\NC(=O)CN(c2cc(Cl)cc(Cl)c2)S(=O)(=O)c2ccc(C)cc2)c1. The smallest absolute Gasteiger partial charge is 0.264 e. The average molecular weight is 536 g/mol. The molecule has 11 heteroatoms. The van der Waals surface area contributed by atoms with Gasteiger partial charge in [0.25, 0.3) is 15.9 Å². The molecular formula is C24H23Cl2N3O5S. The second-order valence-corrected chi connectivity index (χ2v) is 10.1. The van der Waals surface area contributed by atoms with Gasteiger partial charge in [-0.2, -0.15) is 5.10 Å². The van der Waals surface area contributed by atoms with Crippen LogP contribution >= 0.6 is 23.2 Å². The van der Waals surface area contributed by atoms with Crippen LogP contribution < -0.4 is 19.2 Å². The third-order valence-electron chi connectivity index (χ3n) is 4.86. The molecule has 3 rings (SSSR count). The van der Waals surface area contributed by atoms with E-state index in [4.69, 9.17) is 32.7 Å². The van der Waals surface area contributed by atoms with E-state index < -0.39 is 22.5 Å². The Labute approximate surface area is 214 Å². The summed E-state index contributed by atoms with van der Waals surface area (Å²) in [7, 11) is -1.10. The summed E-state index contributed by atoms with van der Waals surface area (Å²) in [6.07, 6.45) is 1.37. The summed E-state index contributed by atoms with van der Waals surface area (Å²) in [4.78, 5) is 12.8. The van der Waals surface area contributed by atoms with Crippen molar-refractivity contribution < 1.29 is 22.7 Å². The maximum atomic E-state index is 13.4. The van der Waals surface area contributed by atoms with Crippen LogP contribution in [0.2, 0.25) is 10.0 Å². The summed E-state index contributed by atoms with van der Waals surface area (Å²) < 4.78 is 38.3. The van der Waals surface area contributed by atoms with E-state index in [1.807, 2.05) is 6.92 Å². The molecule has 3 aromatic rings. The predicted molar refractivity (Wildman–Crippen MR) is 137 cm³/mol. The molecule has 0 aromatic heterocycles. The van der Waals surface area contributed by atoms with E-state index in [2.05, 4.69) is 10.5 Å². The Balaban J connectivity index is 1.88. The predicted octanol–water partition coefficient (Wildman–Crippen LogP) is 4.66. The van der Waals surface area contributed by atoms with Gasteiger partial charge in [-0.1, -0.05) is 40.9 Å². The lowest BCUT2D eigenvalue weighted by molar-refractivity contribution is -0.119. The Hall–Kier alpha value is -3.27. The van der Waals surface area contributed by atoms with Gasteiger partial charge in [-0.05, 0) is 55.5 Å². The van der Waals surface area contributed by atoms with Crippen molar-refractivity contribution in [3.8, 4) is 11.5 Å². The summed E-state index contributed by atoms with van der Waals surface area (Å²) in [5.74, 6) is 0.405. The quantitative estimate of drug-likeness (QED) is 0.317. The van der Waals surface area contributed by atoms with E-state index in [9.17, 15) is 13.2 Å². The fourth-order valence-electron chi connectivity index (χ4n) is 3.12. The highest BCUT2D eigenvalue weighted by Crippen LogP contribution is 2.29. The summed E-state index contributed by atoms with van der Waals surface area (Å²) >= 11 is 12.2. The number of hydrogen-bond donors (Lipinski definition) is 1. The van der Waals surface area contributed by atoms with Gasteiger partial charge in [-0.3, -0.25) is 9.10 Å². The van der Waals surface area contributed by atoms with Gasteiger partial charge >= 0.3 is 0 Å². The number of carbonyl (C=O) groups excluding carboxylic acids is 1. The molecule has 0 fully saturated rings. The molecule has 8 nitrogen and oxygen atoms in total. The van der Waals surface area contributed by atoms with Crippen LogP contribution in [0.5, 0.6) is 11.5 Å². The van der Waals surface area contributed by atoms with Crippen LogP contribution in [0.3, 0.4) is 0 Å². The van der Waals surface area contributed by atoms with Crippen molar-refractivity contribution in [2.75, 3.05) is 25.1 Å². The van der Waals surface area contributed by atoms with E-state index in [1.54, 1.807) is 30.3 Å². The number of methoxy groups -OCH3 is 2. The number of carbonyl (C=O) groups is 1. The Morgan fingerprint density at radius 3 is 2.26 bits per heavy atom. The molecular weight excluding hydrogens is 513 g/mol. The number of aryl methyl sites for hydroxylation is 1. The molecule has 0 saturated heterocycles. The number of nitrogens with zero attached hydrogens (tertiary/aromatic N) is 2. The number of halogens is 2. The molecule has 0 heterocycles. The number of hydrazone groups is 1. The third-order valence-corrected chi connectivity index (χ3v) is 7.09. The zero-order chi connectivity index (χ0) is 25.6. The lowest BCUT2D eigenvalue weighted by atomic mass is 10.2. The Morgan fingerprint density at radius 1 is 1.00 bits per heavy atom.